The third-order valence-electron chi connectivity index (χ3n) is 3.77. The molecule has 0 saturated heterocycles. The van der Waals surface area contributed by atoms with E-state index in [0.29, 0.717) is 24.5 Å². The number of nitrogens with one attached hydrogen (secondary N) is 2. The highest BCUT2D eigenvalue weighted by Crippen LogP contribution is 2.26. The maximum atomic E-state index is 12.2. The second-order valence-electron chi connectivity index (χ2n) is 5.65. The fraction of sp³-hybridized carbons (Fsp3) is 0.143. The van der Waals surface area contributed by atoms with Crippen LogP contribution < -0.4 is 15.4 Å². The molecule has 0 spiro atoms. The van der Waals surface area contributed by atoms with Crippen LogP contribution in [0.15, 0.2) is 72.9 Å². The molecule has 0 saturated carbocycles. The Kier molecular flexibility index (Phi) is 5.83. The average Bonchev–Trinajstić information content (AvgIpc) is 2.69. The molecule has 0 aliphatic rings. The molecule has 0 unspecified atom stereocenters. The molecule has 2 N–H and O–H groups in total. The highest BCUT2D eigenvalue weighted by atomic mass is 16.5. The Hall–Kier alpha value is -3.34. The summed E-state index contributed by atoms with van der Waals surface area (Å²) in [6.45, 7) is 3.02. The second kappa shape index (κ2) is 8.67. The maximum absolute atomic E-state index is 12.2. The van der Waals surface area contributed by atoms with Crippen molar-refractivity contribution in [3.05, 3.63) is 84.1 Å². The van der Waals surface area contributed by atoms with Gasteiger partial charge in [-0.25, -0.2) is 4.98 Å². The van der Waals surface area contributed by atoms with Gasteiger partial charge in [0.05, 0.1) is 17.9 Å². The number of amides is 1. The first-order valence-corrected chi connectivity index (χ1v) is 8.53. The minimum atomic E-state index is -0.150. The number of carbonyl (C=O) groups is 1. The van der Waals surface area contributed by atoms with Gasteiger partial charge in [-0.05, 0) is 36.8 Å². The average molecular weight is 347 g/mol. The van der Waals surface area contributed by atoms with Gasteiger partial charge in [0.15, 0.2) is 0 Å². The number of carbonyl (C=O) groups excluding carboxylic acids is 1. The van der Waals surface area contributed by atoms with Crippen molar-refractivity contribution in [3.63, 3.8) is 0 Å². The van der Waals surface area contributed by atoms with Gasteiger partial charge in [0.25, 0.3) is 5.91 Å². The Morgan fingerprint density at radius 2 is 1.77 bits per heavy atom. The normalized spacial score (nSPS) is 10.2. The lowest BCUT2D eigenvalue weighted by Gasteiger charge is -2.12. The summed E-state index contributed by atoms with van der Waals surface area (Å²) in [4.78, 5) is 16.6. The minimum Gasteiger partial charge on any atom is -0.492 e. The van der Waals surface area contributed by atoms with E-state index in [1.807, 2.05) is 61.5 Å². The van der Waals surface area contributed by atoms with Crippen molar-refractivity contribution < 1.29 is 9.53 Å². The number of nitrogens with zero attached hydrogens (tertiary/aromatic N) is 1. The summed E-state index contributed by atoms with van der Waals surface area (Å²) in [5.41, 5.74) is 2.41. The van der Waals surface area contributed by atoms with Gasteiger partial charge < -0.3 is 15.4 Å². The molecule has 1 aromatic heterocycles. The molecule has 5 heteroatoms. The lowest BCUT2D eigenvalue weighted by molar-refractivity contribution is 0.0950. The molecule has 1 heterocycles. The van der Waals surface area contributed by atoms with E-state index in [0.717, 1.165) is 17.0 Å². The molecular weight excluding hydrogens is 326 g/mol. The summed E-state index contributed by atoms with van der Waals surface area (Å²) >= 11 is 0. The molecule has 1 amide bonds. The molecule has 0 aliphatic carbocycles. The predicted molar refractivity (Wildman–Crippen MR) is 103 cm³/mol. The maximum Gasteiger partial charge on any atom is 0.253 e. The van der Waals surface area contributed by atoms with Crippen LogP contribution in [0.25, 0.3) is 0 Å². The number of aromatic nitrogens is 1. The lowest BCUT2D eigenvalue weighted by atomic mass is 10.2. The first kappa shape index (κ1) is 17.5. The predicted octanol–water partition coefficient (Wildman–Crippen LogP) is 4.15. The number of para-hydroxylation sites is 2. The number of hydrogen-bond donors (Lipinski definition) is 2. The van der Waals surface area contributed by atoms with E-state index in [2.05, 4.69) is 15.6 Å². The smallest absolute Gasteiger partial charge is 0.253 e. The fourth-order valence-electron chi connectivity index (χ4n) is 2.47. The Labute approximate surface area is 153 Å². The van der Waals surface area contributed by atoms with Crippen molar-refractivity contribution in [2.75, 3.05) is 11.9 Å². The topological polar surface area (TPSA) is 63.2 Å². The van der Waals surface area contributed by atoms with Crippen LogP contribution in [0.2, 0.25) is 0 Å². The van der Waals surface area contributed by atoms with Gasteiger partial charge in [-0.2, -0.15) is 0 Å². The molecule has 3 rings (SSSR count). The zero-order valence-corrected chi connectivity index (χ0v) is 14.6. The monoisotopic (exact) mass is 347 g/mol. The van der Waals surface area contributed by atoms with E-state index >= 15 is 0 Å². The molecule has 0 atom stereocenters. The summed E-state index contributed by atoms with van der Waals surface area (Å²) in [7, 11) is 0. The first-order valence-electron chi connectivity index (χ1n) is 8.53. The van der Waals surface area contributed by atoms with E-state index in [-0.39, 0.29) is 5.91 Å². The SMILES string of the molecule is CCOc1ccccc1Nc1ccc(C(=O)NCc2ccccc2)cn1. The molecule has 26 heavy (non-hydrogen) atoms. The van der Waals surface area contributed by atoms with Crippen LogP contribution in [0.3, 0.4) is 0 Å². The van der Waals surface area contributed by atoms with Crippen molar-refractivity contribution in [3.8, 4) is 5.75 Å². The second-order valence-corrected chi connectivity index (χ2v) is 5.65. The van der Waals surface area contributed by atoms with Crippen LogP contribution in [0.4, 0.5) is 11.5 Å². The van der Waals surface area contributed by atoms with E-state index < -0.39 is 0 Å². The van der Waals surface area contributed by atoms with Crippen LogP contribution in [0.5, 0.6) is 5.75 Å². The van der Waals surface area contributed by atoms with Crippen LogP contribution >= 0.6 is 0 Å². The van der Waals surface area contributed by atoms with Crippen LogP contribution in [-0.2, 0) is 6.54 Å². The van der Waals surface area contributed by atoms with Crippen LogP contribution in [0, 0.1) is 0 Å². The van der Waals surface area contributed by atoms with Crippen molar-refractivity contribution >= 4 is 17.4 Å². The van der Waals surface area contributed by atoms with Gasteiger partial charge in [0.2, 0.25) is 0 Å². The summed E-state index contributed by atoms with van der Waals surface area (Å²) in [5, 5.41) is 6.10. The van der Waals surface area contributed by atoms with Gasteiger partial charge in [0.1, 0.15) is 11.6 Å². The number of hydrogen-bond acceptors (Lipinski definition) is 4. The number of anilines is 2. The number of pyridine rings is 1. The summed E-state index contributed by atoms with van der Waals surface area (Å²) in [6.07, 6.45) is 1.56. The zero-order chi connectivity index (χ0) is 18.2. The highest BCUT2D eigenvalue weighted by Gasteiger charge is 2.07. The molecule has 2 aromatic carbocycles. The van der Waals surface area contributed by atoms with E-state index in [9.17, 15) is 4.79 Å². The Balaban J connectivity index is 1.62. The van der Waals surface area contributed by atoms with E-state index in [4.69, 9.17) is 4.74 Å². The van der Waals surface area contributed by atoms with Crippen molar-refractivity contribution in [1.29, 1.82) is 0 Å². The van der Waals surface area contributed by atoms with Gasteiger partial charge in [-0.1, -0.05) is 42.5 Å². The summed E-state index contributed by atoms with van der Waals surface area (Å²) < 4.78 is 5.59. The van der Waals surface area contributed by atoms with Crippen LogP contribution in [0.1, 0.15) is 22.8 Å². The summed E-state index contributed by atoms with van der Waals surface area (Å²) in [5.74, 6) is 1.26. The molecule has 0 radical (unpaired) electrons. The first-order chi connectivity index (χ1) is 12.8. The molecule has 3 aromatic rings. The fourth-order valence-corrected chi connectivity index (χ4v) is 2.47. The highest BCUT2D eigenvalue weighted by molar-refractivity contribution is 5.94. The number of rotatable bonds is 7. The van der Waals surface area contributed by atoms with E-state index in [1.165, 1.54) is 0 Å². The molecule has 0 aliphatic heterocycles. The Morgan fingerprint density at radius 1 is 1.00 bits per heavy atom. The molecule has 5 nitrogen and oxygen atoms in total. The van der Waals surface area contributed by atoms with Gasteiger partial charge in [-0.3, -0.25) is 4.79 Å². The van der Waals surface area contributed by atoms with Crippen molar-refractivity contribution in [1.82, 2.24) is 10.3 Å². The molecule has 0 fully saturated rings. The Bertz CT molecular complexity index is 849. The van der Waals surface area contributed by atoms with Crippen molar-refractivity contribution in [2.45, 2.75) is 13.5 Å². The molecule has 132 valence electrons. The Morgan fingerprint density at radius 3 is 2.50 bits per heavy atom. The van der Waals surface area contributed by atoms with Crippen LogP contribution in [-0.4, -0.2) is 17.5 Å². The molecule has 0 bridgehead atoms. The minimum absolute atomic E-state index is 0.150. The number of ether oxygens (including phenoxy) is 1. The quantitative estimate of drug-likeness (QED) is 0.674. The van der Waals surface area contributed by atoms with Gasteiger partial charge in [-0.15, -0.1) is 0 Å². The summed E-state index contributed by atoms with van der Waals surface area (Å²) in [6, 6.07) is 21.0. The van der Waals surface area contributed by atoms with E-state index in [1.54, 1.807) is 18.3 Å². The zero-order valence-electron chi connectivity index (χ0n) is 14.6. The number of benzene rings is 2. The molecular formula is C21H21N3O2. The standard InChI is InChI=1S/C21H21N3O2/c1-2-26-19-11-7-6-10-18(19)24-20-13-12-17(15-22-20)21(25)23-14-16-8-4-3-5-9-16/h3-13,15H,2,14H2,1H3,(H,22,24)(H,23,25). The largest absolute Gasteiger partial charge is 0.492 e. The third-order valence-corrected chi connectivity index (χ3v) is 3.77. The third kappa shape index (κ3) is 4.60. The van der Waals surface area contributed by atoms with Gasteiger partial charge >= 0.3 is 0 Å². The van der Waals surface area contributed by atoms with Gasteiger partial charge in [0, 0.05) is 12.7 Å². The van der Waals surface area contributed by atoms with Crippen molar-refractivity contribution in [2.24, 2.45) is 0 Å². The lowest BCUT2D eigenvalue weighted by Crippen LogP contribution is -2.22.